The van der Waals surface area contributed by atoms with Crippen molar-refractivity contribution in [3.05, 3.63) is 53.9 Å². The molecule has 0 aliphatic rings. The van der Waals surface area contributed by atoms with Crippen molar-refractivity contribution < 1.29 is 9.53 Å². The highest BCUT2D eigenvalue weighted by Gasteiger charge is 2.01. The molecular formula is C18H21N3O2. The lowest BCUT2D eigenvalue weighted by molar-refractivity contribution is 0.141. The molecule has 0 atom stereocenters. The van der Waals surface area contributed by atoms with Crippen LogP contribution in [0, 0.1) is 17.8 Å². The van der Waals surface area contributed by atoms with Crippen LogP contribution in [-0.2, 0) is 17.9 Å². The minimum absolute atomic E-state index is 0.239. The Labute approximate surface area is 136 Å². The molecule has 1 aromatic heterocycles. The molecule has 1 amide bonds. The summed E-state index contributed by atoms with van der Waals surface area (Å²) in [5, 5.41) is 6.84. The van der Waals surface area contributed by atoms with Gasteiger partial charge in [-0.2, -0.15) is 5.10 Å². The van der Waals surface area contributed by atoms with E-state index in [0.29, 0.717) is 5.92 Å². The van der Waals surface area contributed by atoms with Crippen molar-refractivity contribution in [2.24, 2.45) is 5.92 Å². The van der Waals surface area contributed by atoms with Crippen molar-refractivity contribution in [2.45, 2.75) is 27.0 Å². The lowest BCUT2D eigenvalue weighted by Gasteiger charge is -2.04. The minimum Gasteiger partial charge on any atom is -0.445 e. The molecular weight excluding hydrogens is 290 g/mol. The number of rotatable bonds is 5. The molecule has 23 heavy (non-hydrogen) atoms. The Bertz CT molecular complexity index is 681. The lowest BCUT2D eigenvalue weighted by atomic mass is 10.2. The van der Waals surface area contributed by atoms with Crippen molar-refractivity contribution in [3.63, 3.8) is 0 Å². The highest BCUT2D eigenvalue weighted by Crippen LogP contribution is 2.01. The summed E-state index contributed by atoms with van der Waals surface area (Å²) in [4.78, 5) is 11.5. The quantitative estimate of drug-likeness (QED) is 0.864. The zero-order valence-corrected chi connectivity index (χ0v) is 13.5. The highest BCUT2D eigenvalue weighted by molar-refractivity contribution is 5.67. The molecule has 2 rings (SSSR count). The van der Waals surface area contributed by atoms with Crippen LogP contribution in [0.25, 0.3) is 0 Å². The van der Waals surface area contributed by atoms with Crippen LogP contribution in [0.3, 0.4) is 0 Å². The van der Waals surface area contributed by atoms with Crippen LogP contribution < -0.4 is 5.32 Å². The first-order valence-corrected chi connectivity index (χ1v) is 7.59. The molecule has 0 saturated carbocycles. The summed E-state index contributed by atoms with van der Waals surface area (Å²) >= 11 is 0. The maximum atomic E-state index is 11.5. The van der Waals surface area contributed by atoms with Gasteiger partial charge in [0.1, 0.15) is 6.61 Å². The van der Waals surface area contributed by atoms with Gasteiger partial charge in [-0.15, -0.1) is 0 Å². The summed E-state index contributed by atoms with van der Waals surface area (Å²) in [5.74, 6) is 6.38. The first kappa shape index (κ1) is 16.6. The fourth-order valence-corrected chi connectivity index (χ4v) is 1.94. The van der Waals surface area contributed by atoms with Gasteiger partial charge in [-0.25, -0.2) is 4.79 Å². The van der Waals surface area contributed by atoms with E-state index in [1.54, 1.807) is 6.20 Å². The Hall–Kier alpha value is -2.74. The number of nitrogens with zero attached hydrogens (tertiary/aromatic N) is 2. The van der Waals surface area contributed by atoms with E-state index < -0.39 is 6.09 Å². The number of alkyl carbamates (subject to hydrolysis) is 1. The van der Waals surface area contributed by atoms with Gasteiger partial charge in [0.2, 0.25) is 0 Å². The molecule has 0 aliphatic carbocycles. The molecule has 120 valence electrons. The normalized spacial score (nSPS) is 10.0. The third-order valence-corrected chi connectivity index (χ3v) is 2.95. The first-order chi connectivity index (χ1) is 11.1. The Kier molecular flexibility index (Phi) is 6.25. The van der Waals surface area contributed by atoms with Crippen LogP contribution in [0.4, 0.5) is 4.79 Å². The molecule has 0 spiro atoms. The second-order valence-corrected chi connectivity index (χ2v) is 5.56. The van der Waals surface area contributed by atoms with E-state index in [9.17, 15) is 4.79 Å². The summed E-state index contributed by atoms with van der Waals surface area (Å²) in [6.45, 7) is 5.63. The van der Waals surface area contributed by atoms with Gasteiger partial charge in [0, 0.05) is 12.7 Å². The molecule has 1 N–H and O–H groups in total. The number of carbonyl (C=O) groups excluding carboxylic acids is 1. The molecule has 0 saturated heterocycles. The van der Waals surface area contributed by atoms with Crippen LogP contribution >= 0.6 is 0 Å². The second-order valence-electron chi connectivity index (χ2n) is 5.56. The SMILES string of the molecule is CC(C)Cn1cc(C#CCNC(=O)OCc2ccccc2)cn1. The molecule has 0 fully saturated rings. The molecule has 1 heterocycles. The average Bonchev–Trinajstić information content (AvgIpc) is 2.97. The standard InChI is InChI=1S/C18H21N3O2/c1-15(2)12-21-13-17(11-20-21)9-6-10-19-18(22)23-14-16-7-4-3-5-8-16/h3-5,7-8,11,13,15H,10,12,14H2,1-2H3,(H,19,22). The van der Waals surface area contributed by atoms with E-state index in [1.165, 1.54) is 0 Å². The van der Waals surface area contributed by atoms with E-state index in [2.05, 4.69) is 36.1 Å². The molecule has 5 nitrogen and oxygen atoms in total. The summed E-state index contributed by atoms with van der Waals surface area (Å²) in [6, 6.07) is 9.54. The van der Waals surface area contributed by atoms with Crippen LogP contribution in [0.5, 0.6) is 0 Å². The third-order valence-electron chi connectivity index (χ3n) is 2.95. The minimum atomic E-state index is -0.473. The number of carbonyl (C=O) groups is 1. The van der Waals surface area contributed by atoms with Gasteiger partial charge >= 0.3 is 6.09 Å². The first-order valence-electron chi connectivity index (χ1n) is 7.59. The van der Waals surface area contributed by atoms with Gasteiger partial charge in [0.15, 0.2) is 0 Å². The van der Waals surface area contributed by atoms with Crippen molar-refractivity contribution in [2.75, 3.05) is 6.54 Å². The van der Waals surface area contributed by atoms with Crippen LogP contribution in [0.2, 0.25) is 0 Å². The van der Waals surface area contributed by atoms with Gasteiger partial charge < -0.3 is 10.1 Å². The summed E-state index contributed by atoms with van der Waals surface area (Å²) in [7, 11) is 0. The number of hydrogen-bond donors (Lipinski definition) is 1. The molecule has 5 heteroatoms. The van der Waals surface area contributed by atoms with Crippen LogP contribution in [0.15, 0.2) is 42.7 Å². The van der Waals surface area contributed by atoms with E-state index >= 15 is 0 Å². The lowest BCUT2D eigenvalue weighted by Crippen LogP contribution is -2.24. The number of benzene rings is 1. The predicted molar refractivity (Wildman–Crippen MR) is 88.6 cm³/mol. The number of aromatic nitrogens is 2. The molecule has 0 radical (unpaired) electrons. The predicted octanol–water partition coefficient (Wildman–Crippen LogP) is 2.82. The molecule has 0 unspecified atom stereocenters. The van der Waals surface area contributed by atoms with Crippen LogP contribution in [-0.4, -0.2) is 22.4 Å². The molecule has 0 aliphatic heterocycles. The largest absolute Gasteiger partial charge is 0.445 e. The highest BCUT2D eigenvalue weighted by atomic mass is 16.5. The Morgan fingerprint density at radius 1 is 1.35 bits per heavy atom. The number of hydrogen-bond acceptors (Lipinski definition) is 3. The second kappa shape index (κ2) is 8.64. The van der Waals surface area contributed by atoms with Crippen molar-refractivity contribution in [1.82, 2.24) is 15.1 Å². The smallest absolute Gasteiger partial charge is 0.408 e. The van der Waals surface area contributed by atoms with E-state index in [1.807, 2.05) is 41.2 Å². The van der Waals surface area contributed by atoms with Gasteiger partial charge in [0.25, 0.3) is 0 Å². The molecule has 2 aromatic rings. The summed E-state index contributed by atoms with van der Waals surface area (Å²) < 4.78 is 6.97. The fourth-order valence-electron chi connectivity index (χ4n) is 1.94. The topological polar surface area (TPSA) is 56.2 Å². The van der Waals surface area contributed by atoms with E-state index in [-0.39, 0.29) is 13.2 Å². The Balaban J connectivity index is 1.70. The van der Waals surface area contributed by atoms with Crippen molar-refractivity contribution in [3.8, 4) is 11.8 Å². The third kappa shape index (κ3) is 6.27. The van der Waals surface area contributed by atoms with E-state index in [4.69, 9.17) is 4.74 Å². The average molecular weight is 311 g/mol. The maximum absolute atomic E-state index is 11.5. The summed E-state index contributed by atoms with van der Waals surface area (Å²) in [6.07, 6.45) is 3.16. The van der Waals surface area contributed by atoms with Crippen LogP contribution in [0.1, 0.15) is 25.0 Å². The molecule has 0 bridgehead atoms. The van der Waals surface area contributed by atoms with Crippen molar-refractivity contribution in [1.29, 1.82) is 0 Å². The maximum Gasteiger partial charge on any atom is 0.408 e. The van der Waals surface area contributed by atoms with Gasteiger partial charge in [-0.3, -0.25) is 4.68 Å². The van der Waals surface area contributed by atoms with Gasteiger partial charge in [0.05, 0.1) is 18.3 Å². The molecule has 1 aromatic carbocycles. The monoisotopic (exact) mass is 311 g/mol. The summed E-state index contributed by atoms with van der Waals surface area (Å²) in [5.41, 5.74) is 1.79. The zero-order chi connectivity index (χ0) is 16.5. The Morgan fingerprint density at radius 3 is 2.87 bits per heavy atom. The van der Waals surface area contributed by atoms with Gasteiger partial charge in [-0.1, -0.05) is 56.0 Å². The zero-order valence-electron chi connectivity index (χ0n) is 13.5. The Morgan fingerprint density at radius 2 is 2.13 bits per heavy atom. The van der Waals surface area contributed by atoms with E-state index in [0.717, 1.165) is 17.7 Å². The fraction of sp³-hybridized carbons (Fsp3) is 0.333. The van der Waals surface area contributed by atoms with Gasteiger partial charge in [-0.05, 0) is 11.5 Å². The number of ether oxygens (including phenoxy) is 1. The van der Waals surface area contributed by atoms with Crippen molar-refractivity contribution >= 4 is 6.09 Å². The number of nitrogens with one attached hydrogen (secondary N) is 1. The number of amides is 1.